The summed E-state index contributed by atoms with van der Waals surface area (Å²) in [4.78, 5) is 4.23. The molecular weight excluding hydrogens is 328 g/mol. The number of likely N-dealkylation sites (N-methyl/N-ethyl adjacent to an activating group) is 1. The summed E-state index contributed by atoms with van der Waals surface area (Å²) in [5, 5.41) is 3.53. The third kappa shape index (κ3) is 4.83. The average molecular weight is 349 g/mol. The van der Waals surface area contributed by atoms with Crippen LogP contribution in [0.15, 0.2) is 47.2 Å². The van der Waals surface area contributed by atoms with Gasteiger partial charge in [0.25, 0.3) is 0 Å². The molecule has 1 aromatic heterocycles. The Kier molecular flexibility index (Phi) is 6.21. The van der Waals surface area contributed by atoms with Crippen LogP contribution < -0.4 is 10.1 Å². The normalized spacial score (nSPS) is 12.1. The highest BCUT2D eigenvalue weighted by Crippen LogP contribution is 2.22. The van der Waals surface area contributed by atoms with Crippen LogP contribution >= 0.6 is 15.9 Å². The van der Waals surface area contributed by atoms with Gasteiger partial charge in [-0.2, -0.15) is 0 Å². The number of hydrogen-bond acceptors (Lipinski definition) is 3. The predicted octanol–water partition coefficient (Wildman–Crippen LogP) is 4.14. The highest BCUT2D eigenvalue weighted by atomic mass is 79.9. The monoisotopic (exact) mass is 348 g/mol. The van der Waals surface area contributed by atoms with Crippen molar-refractivity contribution in [2.75, 3.05) is 13.2 Å². The van der Waals surface area contributed by atoms with E-state index in [1.807, 2.05) is 31.5 Å². The van der Waals surface area contributed by atoms with E-state index in [4.69, 9.17) is 4.74 Å². The van der Waals surface area contributed by atoms with Gasteiger partial charge in [-0.15, -0.1) is 0 Å². The summed E-state index contributed by atoms with van der Waals surface area (Å²) in [6.45, 7) is 5.75. The molecule has 1 heterocycles. The number of pyridine rings is 1. The molecule has 0 radical (unpaired) electrons. The molecule has 0 bridgehead atoms. The van der Waals surface area contributed by atoms with E-state index in [2.05, 4.69) is 51.4 Å². The molecule has 0 aliphatic heterocycles. The van der Waals surface area contributed by atoms with Crippen molar-refractivity contribution in [2.24, 2.45) is 0 Å². The van der Waals surface area contributed by atoms with Crippen LogP contribution in [-0.2, 0) is 6.42 Å². The second kappa shape index (κ2) is 8.15. The number of nitrogens with zero attached hydrogens (tertiary/aromatic N) is 1. The van der Waals surface area contributed by atoms with Gasteiger partial charge in [-0.1, -0.05) is 19.1 Å². The van der Waals surface area contributed by atoms with Crippen LogP contribution in [0.1, 0.15) is 31.0 Å². The summed E-state index contributed by atoms with van der Waals surface area (Å²) in [6, 6.07) is 10.7. The van der Waals surface area contributed by atoms with Gasteiger partial charge in [-0.3, -0.25) is 4.98 Å². The third-order valence-corrected chi connectivity index (χ3v) is 3.68. The molecule has 1 aromatic carbocycles. The largest absolute Gasteiger partial charge is 0.494 e. The molecular formula is C17H21BrN2O. The Morgan fingerprint density at radius 3 is 2.57 bits per heavy atom. The molecule has 21 heavy (non-hydrogen) atoms. The van der Waals surface area contributed by atoms with Crippen LogP contribution in [0.3, 0.4) is 0 Å². The third-order valence-electron chi connectivity index (χ3n) is 3.25. The van der Waals surface area contributed by atoms with E-state index in [9.17, 15) is 0 Å². The molecule has 0 fully saturated rings. The molecule has 0 spiro atoms. The fourth-order valence-corrected chi connectivity index (χ4v) is 2.73. The highest BCUT2D eigenvalue weighted by Gasteiger charge is 2.12. The molecule has 1 unspecified atom stereocenters. The van der Waals surface area contributed by atoms with E-state index in [0.29, 0.717) is 6.61 Å². The van der Waals surface area contributed by atoms with Gasteiger partial charge in [0.2, 0.25) is 0 Å². The zero-order chi connectivity index (χ0) is 15.1. The van der Waals surface area contributed by atoms with Crippen molar-refractivity contribution in [3.63, 3.8) is 0 Å². The quantitative estimate of drug-likeness (QED) is 0.816. The summed E-state index contributed by atoms with van der Waals surface area (Å²) in [5.41, 5.74) is 2.48. The molecule has 1 N–H and O–H groups in total. The minimum atomic E-state index is 0.279. The van der Waals surface area contributed by atoms with Crippen molar-refractivity contribution in [2.45, 2.75) is 26.3 Å². The molecule has 2 rings (SSSR count). The molecule has 0 amide bonds. The van der Waals surface area contributed by atoms with Gasteiger partial charge >= 0.3 is 0 Å². The molecule has 1 atom stereocenters. The topological polar surface area (TPSA) is 34.2 Å². The minimum absolute atomic E-state index is 0.279. The van der Waals surface area contributed by atoms with Gasteiger partial charge in [-0.25, -0.2) is 0 Å². The molecule has 4 heteroatoms. The summed E-state index contributed by atoms with van der Waals surface area (Å²) in [7, 11) is 0. The summed E-state index contributed by atoms with van der Waals surface area (Å²) in [6.07, 6.45) is 4.64. The molecule has 0 saturated carbocycles. The second-order valence-corrected chi connectivity index (χ2v) is 5.74. The average Bonchev–Trinajstić information content (AvgIpc) is 2.48. The standard InChI is InChI=1S/C17H21BrN2O/c1-3-20-17(10-13-9-15(18)12-19-11-13)14-5-7-16(8-6-14)21-4-2/h5-9,11-12,17,20H,3-4,10H2,1-2H3. The Morgan fingerprint density at radius 1 is 1.19 bits per heavy atom. The lowest BCUT2D eigenvalue weighted by Crippen LogP contribution is -2.23. The molecule has 0 saturated heterocycles. The zero-order valence-corrected chi connectivity index (χ0v) is 14.1. The van der Waals surface area contributed by atoms with Crippen LogP contribution in [-0.4, -0.2) is 18.1 Å². The van der Waals surface area contributed by atoms with Crippen molar-refractivity contribution in [1.29, 1.82) is 0 Å². The van der Waals surface area contributed by atoms with Gasteiger partial charge < -0.3 is 10.1 Å². The maximum absolute atomic E-state index is 5.50. The van der Waals surface area contributed by atoms with E-state index in [0.717, 1.165) is 23.2 Å². The number of nitrogens with one attached hydrogen (secondary N) is 1. The number of ether oxygens (including phenoxy) is 1. The lowest BCUT2D eigenvalue weighted by Gasteiger charge is -2.19. The first-order valence-electron chi connectivity index (χ1n) is 7.28. The van der Waals surface area contributed by atoms with Crippen molar-refractivity contribution >= 4 is 15.9 Å². The maximum atomic E-state index is 5.50. The summed E-state index contributed by atoms with van der Waals surface area (Å²) in [5.74, 6) is 0.917. The summed E-state index contributed by atoms with van der Waals surface area (Å²) < 4.78 is 6.51. The Balaban J connectivity index is 2.14. The molecule has 2 aromatic rings. The fourth-order valence-electron chi connectivity index (χ4n) is 2.32. The van der Waals surface area contributed by atoms with Crippen LogP contribution in [0.5, 0.6) is 5.75 Å². The molecule has 0 aliphatic carbocycles. The van der Waals surface area contributed by atoms with Crippen LogP contribution in [0, 0.1) is 0 Å². The second-order valence-electron chi connectivity index (χ2n) is 4.83. The first-order chi connectivity index (χ1) is 10.2. The number of hydrogen-bond donors (Lipinski definition) is 1. The van der Waals surface area contributed by atoms with Gasteiger partial charge in [0, 0.05) is 22.9 Å². The molecule has 3 nitrogen and oxygen atoms in total. The van der Waals surface area contributed by atoms with E-state index >= 15 is 0 Å². The van der Waals surface area contributed by atoms with Gasteiger partial charge in [-0.05, 0) is 65.1 Å². The van der Waals surface area contributed by atoms with Gasteiger partial charge in [0.1, 0.15) is 5.75 Å². The fraction of sp³-hybridized carbons (Fsp3) is 0.353. The van der Waals surface area contributed by atoms with E-state index < -0.39 is 0 Å². The summed E-state index contributed by atoms with van der Waals surface area (Å²) >= 11 is 3.47. The van der Waals surface area contributed by atoms with Crippen LogP contribution in [0.4, 0.5) is 0 Å². The Hall–Kier alpha value is -1.39. The van der Waals surface area contributed by atoms with Crippen LogP contribution in [0.2, 0.25) is 0 Å². The van der Waals surface area contributed by atoms with Gasteiger partial charge in [0.05, 0.1) is 6.61 Å². The Morgan fingerprint density at radius 2 is 1.95 bits per heavy atom. The highest BCUT2D eigenvalue weighted by molar-refractivity contribution is 9.10. The number of aromatic nitrogens is 1. The number of halogens is 1. The Bertz CT molecular complexity index is 557. The van der Waals surface area contributed by atoms with Gasteiger partial charge in [0.15, 0.2) is 0 Å². The maximum Gasteiger partial charge on any atom is 0.119 e. The Labute approximate surface area is 134 Å². The molecule has 0 aliphatic rings. The molecule has 112 valence electrons. The van der Waals surface area contributed by atoms with E-state index in [-0.39, 0.29) is 6.04 Å². The smallest absolute Gasteiger partial charge is 0.119 e. The van der Waals surface area contributed by atoms with Crippen molar-refractivity contribution in [1.82, 2.24) is 10.3 Å². The van der Waals surface area contributed by atoms with Crippen molar-refractivity contribution < 1.29 is 4.74 Å². The van der Waals surface area contributed by atoms with E-state index in [1.54, 1.807) is 0 Å². The first kappa shape index (κ1) is 16.0. The lowest BCUT2D eigenvalue weighted by atomic mass is 9.99. The lowest BCUT2D eigenvalue weighted by molar-refractivity contribution is 0.340. The van der Waals surface area contributed by atoms with Crippen molar-refractivity contribution in [3.8, 4) is 5.75 Å². The minimum Gasteiger partial charge on any atom is -0.494 e. The number of benzene rings is 1. The predicted molar refractivity (Wildman–Crippen MR) is 89.7 cm³/mol. The first-order valence-corrected chi connectivity index (χ1v) is 8.07. The van der Waals surface area contributed by atoms with Crippen LogP contribution in [0.25, 0.3) is 0 Å². The zero-order valence-electron chi connectivity index (χ0n) is 12.5. The van der Waals surface area contributed by atoms with Crippen molar-refractivity contribution in [3.05, 3.63) is 58.3 Å². The number of rotatable bonds is 7. The van der Waals surface area contributed by atoms with E-state index in [1.165, 1.54) is 11.1 Å². The SMILES string of the molecule is CCNC(Cc1cncc(Br)c1)c1ccc(OCC)cc1.